The molecule has 0 spiro atoms. The third kappa shape index (κ3) is 4.24. The number of nitrogen functional groups attached to an aromatic ring is 1. The summed E-state index contributed by atoms with van der Waals surface area (Å²) in [5.74, 6) is 0.0789. The lowest BCUT2D eigenvalue weighted by Crippen LogP contribution is -2.35. The largest absolute Gasteiger partial charge is 0.399 e. The third-order valence-electron chi connectivity index (χ3n) is 2.84. The van der Waals surface area contributed by atoms with Crippen LogP contribution in [-0.4, -0.2) is 24.9 Å². The first-order valence-electron chi connectivity index (χ1n) is 6.18. The van der Waals surface area contributed by atoms with Crippen LogP contribution < -0.4 is 16.4 Å². The van der Waals surface area contributed by atoms with Crippen LogP contribution in [0.2, 0.25) is 0 Å². The predicted octanol–water partition coefficient (Wildman–Crippen LogP) is 1.29. The topological polar surface area (TPSA) is 84.2 Å². The van der Waals surface area contributed by atoms with Gasteiger partial charge in [0.15, 0.2) is 0 Å². The van der Waals surface area contributed by atoms with Gasteiger partial charge in [-0.1, -0.05) is 15.9 Å². The average Bonchev–Trinajstić information content (AvgIpc) is 3.17. The van der Waals surface area contributed by atoms with E-state index in [0.717, 1.165) is 17.3 Å². The van der Waals surface area contributed by atoms with Crippen molar-refractivity contribution in [2.45, 2.75) is 12.8 Å². The Morgan fingerprint density at radius 1 is 1.21 bits per heavy atom. The molecule has 1 saturated carbocycles. The number of amides is 2. The third-order valence-corrected chi connectivity index (χ3v) is 3.30. The molecule has 0 heterocycles. The Bertz CT molecular complexity index is 480. The molecule has 1 aromatic rings. The average molecular weight is 326 g/mol. The van der Waals surface area contributed by atoms with Gasteiger partial charge in [-0.05, 0) is 31.0 Å². The molecule has 2 amide bonds. The van der Waals surface area contributed by atoms with Gasteiger partial charge in [-0.25, -0.2) is 0 Å². The molecule has 0 bridgehead atoms. The molecule has 0 aliphatic heterocycles. The van der Waals surface area contributed by atoms with Gasteiger partial charge in [-0.2, -0.15) is 0 Å². The van der Waals surface area contributed by atoms with Gasteiger partial charge >= 0.3 is 0 Å². The van der Waals surface area contributed by atoms with Crippen molar-refractivity contribution >= 4 is 33.4 Å². The summed E-state index contributed by atoms with van der Waals surface area (Å²) in [5.41, 5.74) is 6.69. The standard InChI is InChI=1S/C13H16BrN3O2/c14-10-5-9(6-11(15)7-10)13(19)17-4-3-16-12(18)8-1-2-8/h5-8H,1-4,15H2,(H,16,18)(H,17,19). The monoisotopic (exact) mass is 325 g/mol. The van der Waals surface area contributed by atoms with Gasteiger partial charge in [-0.3, -0.25) is 9.59 Å². The summed E-state index contributed by atoms with van der Waals surface area (Å²) in [6.07, 6.45) is 1.96. The van der Waals surface area contributed by atoms with Crippen LogP contribution in [0, 0.1) is 5.92 Å². The van der Waals surface area contributed by atoms with Gasteiger partial charge in [0.1, 0.15) is 0 Å². The van der Waals surface area contributed by atoms with Gasteiger partial charge in [0.25, 0.3) is 5.91 Å². The molecule has 19 heavy (non-hydrogen) atoms. The van der Waals surface area contributed by atoms with E-state index >= 15 is 0 Å². The fraction of sp³-hybridized carbons (Fsp3) is 0.385. The Morgan fingerprint density at radius 3 is 2.53 bits per heavy atom. The highest BCUT2D eigenvalue weighted by molar-refractivity contribution is 9.10. The van der Waals surface area contributed by atoms with E-state index in [0.29, 0.717) is 24.3 Å². The zero-order valence-electron chi connectivity index (χ0n) is 10.4. The minimum atomic E-state index is -0.200. The van der Waals surface area contributed by atoms with E-state index in [2.05, 4.69) is 26.6 Å². The van der Waals surface area contributed by atoms with Crippen LogP contribution in [0.3, 0.4) is 0 Å². The number of nitrogens with two attached hydrogens (primary N) is 1. The number of carbonyl (C=O) groups is 2. The maximum atomic E-state index is 11.8. The van der Waals surface area contributed by atoms with E-state index in [1.165, 1.54) is 0 Å². The fourth-order valence-corrected chi connectivity index (χ4v) is 2.21. The van der Waals surface area contributed by atoms with Crippen molar-refractivity contribution in [2.24, 2.45) is 5.92 Å². The fourth-order valence-electron chi connectivity index (χ4n) is 1.70. The molecule has 1 aromatic carbocycles. The number of anilines is 1. The van der Waals surface area contributed by atoms with E-state index in [-0.39, 0.29) is 17.7 Å². The summed E-state index contributed by atoms with van der Waals surface area (Å²) in [6, 6.07) is 5.05. The van der Waals surface area contributed by atoms with Crippen LogP contribution >= 0.6 is 15.9 Å². The summed E-state index contributed by atoms with van der Waals surface area (Å²) in [6.45, 7) is 0.855. The molecule has 0 unspecified atom stereocenters. The van der Waals surface area contributed by atoms with Crippen LogP contribution in [0.15, 0.2) is 22.7 Å². The quantitative estimate of drug-likeness (QED) is 0.563. The number of nitrogens with one attached hydrogen (secondary N) is 2. The van der Waals surface area contributed by atoms with Crippen LogP contribution in [0.4, 0.5) is 5.69 Å². The molecule has 1 aliphatic rings. The molecule has 0 aromatic heterocycles. The first-order chi connectivity index (χ1) is 9.06. The normalized spacial score (nSPS) is 13.9. The highest BCUT2D eigenvalue weighted by Gasteiger charge is 2.28. The summed E-state index contributed by atoms with van der Waals surface area (Å²) < 4.78 is 0.764. The van der Waals surface area contributed by atoms with E-state index < -0.39 is 0 Å². The summed E-state index contributed by atoms with van der Waals surface area (Å²) in [4.78, 5) is 23.2. The van der Waals surface area contributed by atoms with Crippen molar-refractivity contribution in [1.82, 2.24) is 10.6 Å². The highest BCUT2D eigenvalue weighted by atomic mass is 79.9. The van der Waals surface area contributed by atoms with Crippen LogP contribution in [0.25, 0.3) is 0 Å². The predicted molar refractivity (Wildman–Crippen MR) is 76.6 cm³/mol. The lowest BCUT2D eigenvalue weighted by Gasteiger charge is -2.07. The van der Waals surface area contributed by atoms with Crippen LogP contribution in [0.5, 0.6) is 0 Å². The van der Waals surface area contributed by atoms with Crippen molar-refractivity contribution in [3.05, 3.63) is 28.2 Å². The van der Waals surface area contributed by atoms with Gasteiger partial charge in [0.2, 0.25) is 5.91 Å². The molecule has 4 N–H and O–H groups in total. The van der Waals surface area contributed by atoms with Gasteiger partial charge in [-0.15, -0.1) is 0 Å². The number of benzene rings is 1. The van der Waals surface area contributed by atoms with E-state index in [1.807, 2.05) is 0 Å². The molecule has 5 nitrogen and oxygen atoms in total. The number of hydrogen-bond donors (Lipinski definition) is 3. The smallest absolute Gasteiger partial charge is 0.251 e. The maximum Gasteiger partial charge on any atom is 0.251 e. The van der Waals surface area contributed by atoms with Crippen molar-refractivity contribution in [1.29, 1.82) is 0 Å². The second kappa shape index (κ2) is 6.06. The Morgan fingerprint density at radius 2 is 1.89 bits per heavy atom. The second-order valence-corrected chi connectivity index (χ2v) is 5.51. The Balaban J connectivity index is 1.75. The summed E-state index contributed by atoms with van der Waals surface area (Å²) >= 11 is 3.29. The maximum absolute atomic E-state index is 11.8. The minimum Gasteiger partial charge on any atom is -0.399 e. The highest BCUT2D eigenvalue weighted by Crippen LogP contribution is 2.28. The first-order valence-corrected chi connectivity index (χ1v) is 6.97. The summed E-state index contributed by atoms with van der Waals surface area (Å²) in [7, 11) is 0. The van der Waals surface area contributed by atoms with E-state index in [1.54, 1.807) is 18.2 Å². The molecule has 0 atom stereocenters. The van der Waals surface area contributed by atoms with Crippen molar-refractivity contribution in [3.63, 3.8) is 0 Å². The zero-order valence-corrected chi connectivity index (χ0v) is 12.0. The van der Waals surface area contributed by atoms with Gasteiger partial charge in [0, 0.05) is 34.7 Å². The molecule has 102 valence electrons. The molecule has 0 radical (unpaired) electrons. The van der Waals surface area contributed by atoms with Crippen molar-refractivity contribution in [3.8, 4) is 0 Å². The number of rotatable bonds is 5. The Kier molecular flexibility index (Phi) is 4.42. The van der Waals surface area contributed by atoms with Crippen molar-refractivity contribution < 1.29 is 9.59 Å². The van der Waals surface area contributed by atoms with E-state index in [9.17, 15) is 9.59 Å². The molecular weight excluding hydrogens is 310 g/mol. The molecule has 0 saturated heterocycles. The van der Waals surface area contributed by atoms with Crippen molar-refractivity contribution in [2.75, 3.05) is 18.8 Å². The molecular formula is C13H16BrN3O2. The number of carbonyl (C=O) groups excluding carboxylic acids is 2. The molecule has 2 rings (SSSR count). The molecule has 1 aliphatic carbocycles. The second-order valence-electron chi connectivity index (χ2n) is 4.59. The summed E-state index contributed by atoms with van der Waals surface area (Å²) in [5, 5.41) is 5.52. The lowest BCUT2D eigenvalue weighted by atomic mass is 10.2. The zero-order chi connectivity index (χ0) is 13.8. The van der Waals surface area contributed by atoms with Crippen LogP contribution in [0.1, 0.15) is 23.2 Å². The molecule has 1 fully saturated rings. The van der Waals surface area contributed by atoms with E-state index in [4.69, 9.17) is 5.73 Å². The molecule has 6 heteroatoms. The number of halogens is 1. The Hall–Kier alpha value is -1.56. The van der Waals surface area contributed by atoms with Gasteiger partial charge < -0.3 is 16.4 Å². The van der Waals surface area contributed by atoms with Gasteiger partial charge in [0.05, 0.1) is 0 Å². The Labute approximate surface area is 120 Å². The SMILES string of the molecule is Nc1cc(Br)cc(C(=O)NCCNC(=O)C2CC2)c1. The minimum absolute atomic E-state index is 0.0842. The lowest BCUT2D eigenvalue weighted by molar-refractivity contribution is -0.122. The number of hydrogen-bond acceptors (Lipinski definition) is 3. The first kappa shape index (κ1) is 13.9. The van der Waals surface area contributed by atoms with Crippen LogP contribution in [-0.2, 0) is 4.79 Å².